The lowest BCUT2D eigenvalue weighted by Crippen LogP contribution is -2.09. The lowest BCUT2D eigenvalue weighted by Gasteiger charge is -2.02. The SMILES string of the molecule is CC(=O)CCOCCOC(C)=O. The van der Waals surface area contributed by atoms with Gasteiger partial charge in [-0.15, -0.1) is 0 Å². The second kappa shape index (κ2) is 6.79. The van der Waals surface area contributed by atoms with E-state index in [1.807, 2.05) is 0 Å². The summed E-state index contributed by atoms with van der Waals surface area (Å²) in [6.07, 6.45) is 0.417. The molecule has 0 rings (SSSR count). The van der Waals surface area contributed by atoms with Gasteiger partial charge in [-0.05, 0) is 6.92 Å². The molecule has 12 heavy (non-hydrogen) atoms. The van der Waals surface area contributed by atoms with Crippen LogP contribution in [0.2, 0.25) is 0 Å². The standard InChI is InChI=1S/C8H14O4/c1-7(9)3-4-11-5-6-12-8(2)10/h3-6H2,1-2H3. The molecule has 0 spiro atoms. The minimum Gasteiger partial charge on any atom is -0.463 e. The van der Waals surface area contributed by atoms with E-state index in [1.54, 1.807) is 0 Å². The van der Waals surface area contributed by atoms with Gasteiger partial charge in [0.15, 0.2) is 0 Å². The summed E-state index contributed by atoms with van der Waals surface area (Å²) in [7, 11) is 0. The van der Waals surface area contributed by atoms with Gasteiger partial charge in [0.2, 0.25) is 0 Å². The minimum atomic E-state index is -0.315. The molecule has 0 bridgehead atoms. The monoisotopic (exact) mass is 174 g/mol. The Morgan fingerprint density at radius 2 is 1.75 bits per heavy atom. The Hall–Kier alpha value is -0.900. The minimum absolute atomic E-state index is 0.0995. The fourth-order valence-electron chi connectivity index (χ4n) is 0.562. The summed E-state index contributed by atoms with van der Waals surface area (Å²) in [4.78, 5) is 20.7. The number of carbonyl (C=O) groups excluding carboxylic acids is 2. The summed E-state index contributed by atoms with van der Waals surface area (Å²) < 4.78 is 9.60. The quantitative estimate of drug-likeness (QED) is 0.435. The number of hydrogen-bond acceptors (Lipinski definition) is 4. The summed E-state index contributed by atoms with van der Waals surface area (Å²) in [5.41, 5.74) is 0. The van der Waals surface area contributed by atoms with Gasteiger partial charge < -0.3 is 9.47 Å². The molecule has 0 fully saturated rings. The molecule has 0 amide bonds. The van der Waals surface area contributed by atoms with Gasteiger partial charge in [-0.3, -0.25) is 9.59 Å². The maximum absolute atomic E-state index is 10.4. The highest BCUT2D eigenvalue weighted by Crippen LogP contribution is 1.85. The summed E-state index contributed by atoms with van der Waals surface area (Å²) in [5.74, 6) is -0.215. The van der Waals surface area contributed by atoms with Crippen LogP contribution in [0.1, 0.15) is 20.3 Å². The predicted molar refractivity (Wildman–Crippen MR) is 42.8 cm³/mol. The number of rotatable bonds is 6. The zero-order valence-corrected chi connectivity index (χ0v) is 7.46. The van der Waals surface area contributed by atoms with E-state index < -0.39 is 0 Å². The molecule has 0 saturated heterocycles. The first-order valence-electron chi connectivity index (χ1n) is 3.83. The summed E-state index contributed by atoms with van der Waals surface area (Å²) in [6.45, 7) is 3.86. The van der Waals surface area contributed by atoms with Crippen LogP contribution in [-0.4, -0.2) is 31.6 Å². The molecule has 0 radical (unpaired) electrons. The van der Waals surface area contributed by atoms with Crippen molar-refractivity contribution in [1.82, 2.24) is 0 Å². The molecule has 0 N–H and O–H groups in total. The van der Waals surface area contributed by atoms with Crippen molar-refractivity contribution in [3.05, 3.63) is 0 Å². The third-order valence-corrected chi connectivity index (χ3v) is 1.13. The zero-order valence-electron chi connectivity index (χ0n) is 7.46. The van der Waals surface area contributed by atoms with Crippen LogP contribution in [0, 0.1) is 0 Å². The van der Waals surface area contributed by atoms with E-state index in [2.05, 4.69) is 4.74 Å². The molecule has 0 aliphatic heterocycles. The average molecular weight is 174 g/mol. The highest BCUT2D eigenvalue weighted by Gasteiger charge is 1.94. The Labute approximate surface area is 71.8 Å². The van der Waals surface area contributed by atoms with E-state index in [9.17, 15) is 9.59 Å². The van der Waals surface area contributed by atoms with E-state index >= 15 is 0 Å². The third-order valence-electron chi connectivity index (χ3n) is 1.13. The number of ketones is 1. The fraction of sp³-hybridized carbons (Fsp3) is 0.750. The van der Waals surface area contributed by atoms with Crippen LogP contribution >= 0.6 is 0 Å². The topological polar surface area (TPSA) is 52.6 Å². The third kappa shape index (κ3) is 9.10. The molecule has 0 atom stereocenters. The normalized spacial score (nSPS) is 9.50. The molecule has 4 nitrogen and oxygen atoms in total. The first-order valence-corrected chi connectivity index (χ1v) is 3.83. The van der Waals surface area contributed by atoms with Crippen LogP contribution in [0.15, 0.2) is 0 Å². The lowest BCUT2D eigenvalue weighted by atomic mass is 10.3. The van der Waals surface area contributed by atoms with E-state index in [-0.39, 0.29) is 18.4 Å². The number of esters is 1. The maximum atomic E-state index is 10.4. The number of hydrogen-bond donors (Lipinski definition) is 0. The van der Waals surface area contributed by atoms with Crippen molar-refractivity contribution in [3.63, 3.8) is 0 Å². The Bertz CT molecular complexity index is 135. The molecule has 0 aromatic carbocycles. The van der Waals surface area contributed by atoms with Crippen molar-refractivity contribution in [3.8, 4) is 0 Å². The highest BCUT2D eigenvalue weighted by molar-refractivity contribution is 5.75. The fourth-order valence-corrected chi connectivity index (χ4v) is 0.562. The van der Waals surface area contributed by atoms with Crippen LogP contribution in [0.3, 0.4) is 0 Å². The number of carbonyl (C=O) groups is 2. The highest BCUT2D eigenvalue weighted by atomic mass is 16.6. The van der Waals surface area contributed by atoms with Gasteiger partial charge in [-0.2, -0.15) is 0 Å². The van der Waals surface area contributed by atoms with Crippen molar-refractivity contribution in [2.75, 3.05) is 19.8 Å². The van der Waals surface area contributed by atoms with Crippen LogP contribution in [0.4, 0.5) is 0 Å². The van der Waals surface area contributed by atoms with Gasteiger partial charge in [0, 0.05) is 13.3 Å². The van der Waals surface area contributed by atoms with E-state index in [1.165, 1.54) is 13.8 Å². The van der Waals surface area contributed by atoms with Crippen molar-refractivity contribution in [1.29, 1.82) is 0 Å². The summed E-state index contributed by atoms with van der Waals surface area (Å²) >= 11 is 0. The molecule has 0 aromatic rings. The maximum Gasteiger partial charge on any atom is 0.302 e. The molecule has 0 aliphatic rings. The van der Waals surface area contributed by atoms with Crippen LogP contribution < -0.4 is 0 Å². The Morgan fingerprint density at radius 1 is 1.08 bits per heavy atom. The van der Waals surface area contributed by atoms with Crippen LogP contribution in [0.5, 0.6) is 0 Å². The molecule has 0 heterocycles. The van der Waals surface area contributed by atoms with Crippen LogP contribution in [-0.2, 0) is 19.1 Å². The molecule has 0 saturated carbocycles. The zero-order chi connectivity index (χ0) is 9.40. The Kier molecular flexibility index (Phi) is 6.28. The predicted octanol–water partition coefficient (Wildman–Crippen LogP) is 0.545. The van der Waals surface area contributed by atoms with E-state index in [0.29, 0.717) is 19.6 Å². The molecular formula is C8H14O4. The Balaban J connectivity index is 3.01. The molecule has 0 unspecified atom stereocenters. The Morgan fingerprint density at radius 3 is 2.25 bits per heavy atom. The van der Waals surface area contributed by atoms with Gasteiger partial charge >= 0.3 is 5.97 Å². The molecule has 0 aliphatic carbocycles. The van der Waals surface area contributed by atoms with Gasteiger partial charge in [0.25, 0.3) is 0 Å². The van der Waals surface area contributed by atoms with E-state index in [4.69, 9.17) is 4.74 Å². The molecular weight excluding hydrogens is 160 g/mol. The number of Topliss-reactive ketones (excluding diaryl/α,β-unsaturated/α-hetero) is 1. The second-order valence-corrected chi connectivity index (χ2v) is 2.40. The first-order chi connectivity index (χ1) is 5.63. The molecule has 0 aromatic heterocycles. The van der Waals surface area contributed by atoms with Gasteiger partial charge in [-0.25, -0.2) is 0 Å². The number of ether oxygens (including phenoxy) is 2. The lowest BCUT2D eigenvalue weighted by molar-refractivity contribution is -0.142. The van der Waals surface area contributed by atoms with Crippen molar-refractivity contribution in [2.24, 2.45) is 0 Å². The van der Waals surface area contributed by atoms with Gasteiger partial charge in [0.1, 0.15) is 12.4 Å². The van der Waals surface area contributed by atoms with Gasteiger partial charge in [0.05, 0.1) is 13.2 Å². The van der Waals surface area contributed by atoms with Crippen molar-refractivity contribution >= 4 is 11.8 Å². The first kappa shape index (κ1) is 11.1. The molecule has 4 heteroatoms. The second-order valence-electron chi connectivity index (χ2n) is 2.40. The van der Waals surface area contributed by atoms with E-state index in [0.717, 1.165) is 0 Å². The van der Waals surface area contributed by atoms with Gasteiger partial charge in [-0.1, -0.05) is 0 Å². The molecule has 70 valence electrons. The smallest absolute Gasteiger partial charge is 0.302 e. The largest absolute Gasteiger partial charge is 0.463 e. The average Bonchev–Trinajstić information content (AvgIpc) is 1.95. The van der Waals surface area contributed by atoms with Crippen LogP contribution in [0.25, 0.3) is 0 Å². The van der Waals surface area contributed by atoms with Crippen molar-refractivity contribution in [2.45, 2.75) is 20.3 Å². The summed E-state index contributed by atoms with van der Waals surface area (Å²) in [6, 6.07) is 0. The van der Waals surface area contributed by atoms with Crippen molar-refractivity contribution < 1.29 is 19.1 Å². The summed E-state index contributed by atoms with van der Waals surface area (Å²) in [5, 5.41) is 0.